The van der Waals surface area contributed by atoms with Gasteiger partial charge >= 0.3 is 0 Å². The number of methoxy groups -OCH3 is 2. The van der Waals surface area contributed by atoms with Gasteiger partial charge in [0.2, 0.25) is 11.8 Å². The Balaban J connectivity index is 1.70. The van der Waals surface area contributed by atoms with E-state index in [1.54, 1.807) is 44.2 Å². The molecule has 3 rings (SSSR count). The molecule has 0 aliphatic rings. The molecule has 0 bridgehead atoms. The molecule has 2 heterocycles. The van der Waals surface area contributed by atoms with Gasteiger partial charge < -0.3 is 14.8 Å². The van der Waals surface area contributed by atoms with Gasteiger partial charge in [-0.25, -0.2) is 4.98 Å². The van der Waals surface area contributed by atoms with Crippen molar-refractivity contribution in [2.75, 3.05) is 26.5 Å². The molecule has 30 heavy (non-hydrogen) atoms. The summed E-state index contributed by atoms with van der Waals surface area (Å²) in [5.41, 5.74) is 1.51. The lowest BCUT2D eigenvalue weighted by Crippen LogP contribution is -2.26. The Morgan fingerprint density at radius 2 is 1.80 bits per heavy atom. The van der Waals surface area contributed by atoms with Crippen LogP contribution in [0.5, 0.6) is 11.8 Å². The molecule has 1 N–H and O–H groups in total. The number of carbonyl (C=O) groups is 1. The van der Waals surface area contributed by atoms with Gasteiger partial charge in [0.1, 0.15) is 5.15 Å². The molecule has 0 spiro atoms. The summed E-state index contributed by atoms with van der Waals surface area (Å²) in [5.74, 6) is 1.89. The molecule has 1 amide bonds. The van der Waals surface area contributed by atoms with Crippen molar-refractivity contribution < 1.29 is 14.3 Å². The van der Waals surface area contributed by atoms with E-state index >= 15 is 0 Å². The molecule has 9 heteroatoms. The van der Waals surface area contributed by atoms with Crippen LogP contribution in [0.4, 0.5) is 0 Å². The highest BCUT2D eigenvalue weighted by atomic mass is 35.5. The number of carbonyl (C=O) groups excluding carboxylic acids is 1. The number of halogens is 1. The van der Waals surface area contributed by atoms with Crippen LogP contribution in [-0.2, 0) is 0 Å². The fraction of sp³-hybridized carbons (Fsp3) is 0.238. The number of nitrogens with zero attached hydrogens (tertiary/aromatic N) is 3. The summed E-state index contributed by atoms with van der Waals surface area (Å²) in [6.45, 7) is 0.469. The monoisotopic (exact) mass is 444 g/mol. The molecule has 0 aliphatic heterocycles. The molecule has 3 aromatic rings. The van der Waals surface area contributed by atoms with Gasteiger partial charge in [-0.15, -0.1) is 11.8 Å². The zero-order chi connectivity index (χ0) is 21.3. The van der Waals surface area contributed by atoms with Crippen LogP contribution in [-0.4, -0.2) is 47.4 Å². The Kier molecular flexibility index (Phi) is 7.87. The second kappa shape index (κ2) is 10.8. The van der Waals surface area contributed by atoms with Crippen LogP contribution < -0.4 is 14.8 Å². The van der Waals surface area contributed by atoms with Crippen LogP contribution in [0.2, 0.25) is 5.15 Å². The summed E-state index contributed by atoms with van der Waals surface area (Å²) in [4.78, 5) is 25.2. The molecule has 156 valence electrons. The molecule has 1 aromatic carbocycles. The molecule has 0 radical (unpaired) electrons. The highest BCUT2D eigenvalue weighted by molar-refractivity contribution is 7.99. The quantitative estimate of drug-likeness (QED) is 0.397. The molecule has 0 unspecified atom stereocenters. The maximum Gasteiger partial charge on any atom is 0.252 e. The summed E-state index contributed by atoms with van der Waals surface area (Å²) < 4.78 is 10.6. The van der Waals surface area contributed by atoms with Crippen LogP contribution in [0.15, 0.2) is 54.7 Å². The standard InChI is InChI=1S/C21H21ClN4O3S/c1-28-17-12-18(29-2)26-20(25-17)19(14-6-4-3-5-7-14)30-11-10-23-21(27)15-8-9-16(22)24-13-15/h3-9,12-13,19H,10-11H2,1-2H3,(H,23,27)/t19-/m0/s1. The SMILES string of the molecule is COc1cc(OC)nc([C@@H](SCCNC(=O)c2ccc(Cl)nc2)c2ccccc2)n1. The van der Waals surface area contributed by atoms with Gasteiger partial charge in [-0.05, 0) is 17.7 Å². The molecule has 0 aliphatic carbocycles. The fourth-order valence-corrected chi connectivity index (χ4v) is 3.82. The van der Waals surface area contributed by atoms with Gasteiger partial charge in [-0.2, -0.15) is 9.97 Å². The number of thioether (sulfide) groups is 1. The van der Waals surface area contributed by atoms with Gasteiger partial charge in [0, 0.05) is 18.5 Å². The minimum Gasteiger partial charge on any atom is -0.481 e. The summed E-state index contributed by atoms with van der Waals surface area (Å²) >= 11 is 7.38. The van der Waals surface area contributed by atoms with E-state index in [2.05, 4.69) is 20.3 Å². The number of amides is 1. The van der Waals surface area contributed by atoms with Crippen LogP contribution >= 0.6 is 23.4 Å². The highest BCUT2D eigenvalue weighted by Crippen LogP contribution is 2.35. The number of rotatable bonds is 9. The zero-order valence-electron chi connectivity index (χ0n) is 16.5. The maximum atomic E-state index is 12.2. The Bertz CT molecular complexity index is 951. The predicted molar refractivity (Wildman–Crippen MR) is 117 cm³/mol. The van der Waals surface area contributed by atoms with Crippen molar-refractivity contribution in [1.29, 1.82) is 0 Å². The number of pyridine rings is 1. The van der Waals surface area contributed by atoms with E-state index in [1.165, 1.54) is 6.20 Å². The van der Waals surface area contributed by atoms with Crippen molar-refractivity contribution in [2.45, 2.75) is 5.25 Å². The largest absolute Gasteiger partial charge is 0.481 e. The number of hydrogen-bond donors (Lipinski definition) is 1. The first-order valence-corrected chi connectivity index (χ1v) is 10.6. The normalized spacial score (nSPS) is 11.6. The lowest BCUT2D eigenvalue weighted by atomic mass is 10.1. The summed E-state index contributed by atoms with van der Waals surface area (Å²) in [6.07, 6.45) is 1.45. The predicted octanol–water partition coefficient (Wildman–Crippen LogP) is 3.79. The summed E-state index contributed by atoms with van der Waals surface area (Å²) in [6, 6.07) is 14.8. The summed E-state index contributed by atoms with van der Waals surface area (Å²) in [5, 5.41) is 3.09. The van der Waals surface area contributed by atoms with Gasteiger partial charge in [-0.3, -0.25) is 4.79 Å². The fourth-order valence-electron chi connectivity index (χ4n) is 2.65. The van der Waals surface area contributed by atoms with E-state index in [0.29, 0.717) is 40.6 Å². The Labute approximate surface area is 184 Å². The van der Waals surface area contributed by atoms with E-state index in [9.17, 15) is 4.79 Å². The first kappa shape index (κ1) is 21.9. The second-order valence-electron chi connectivity index (χ2n) is 6.10. The molecule has 0 saturated heterocycles. The first-order valence-electron chi connectivity index (χ1n) is 9.14. The highest BCUT2D eigenvalue weighted by Gasteiger charge is 2.20. The molecule has 1 atom stereocenters. The Morgan fingerprint density at radius 3 is 2.40 bits per heavy atom. The molecule has 7 nitrogen and oxygen atoms in total. The van der Waals surface area contributed by atoms with E-state index in [1.807, 2.05) is 30.3 Å². The van der Waals surface area contributed by atoms with Crippen molar-refractivity contribution in [3.63, 3.8) is 0 Å². The average molecular weight is 445 g/mol. The third kappa shape index (κ3) is 5.84. The number of aromatic nitrogens is 3. The Morgan fingerprint density at radius 1 is 1.10 bits per heavy atom. The lowest BCUT2D eigenvalue weighted by Gasteiger charge is -2.17. The average Bonchev–Trinajstić information content (AvgIpc) is 2.79. The third-order valence-electron chi connectivity index (χ3n) is 4.11. The minimum atomic E-state index is -0.199. The van der Waals surface area contributed by atoms with Gasteiger partial charge in [0.15, 0.2) is 5.82 Å². The van der Waals surface area contributed by atoms with E-state index in [0.717, 1.165) is 5.56 Å². The zero-order valence-corrected chi connectivity index (χ0v) is 18.1. The number of hydrogen-bond acceptors (Lipinski definition) is 7. The van der Waals surface area contributed by atoms with Crippen molar-refractivity contribution in [2.24, 2.45) is 0 Å². The molecular formula is C21H21ClN4O3S. The van der Waals surface area contributed by atoms with Crippen LogP contribution in [0.1, 0.15) is 27.0 Å². The molecule has 0 saturated carbocycles. The van der Waals surface area contributed by atoms with Crippen molar-refractivity contribution in [1.82, 2.24) is 20.3 Å². The topological polar surface area (TPSA) is 86.2 Å². The van der Waals surface area contributed by atoms with Crippen LogP contribution in [0.3, 0.4) is 0 Å². The van der Waals surface area contributed by atoms with Crippen molar-refractivity contribution in [3.05, 3.63) is 76.8 Å². The third-order valence-corrected chi connectivity index (χ3v) is 5.59. The molecular weight excluding hydrogens is 424 g/mol. The molecule has 0 fully saturated rings. The number of benzene rings is 1. The minimum absolute atomic E-state index is 0.149. The van der Waals surface area contributed by atoms with Crippen LogP contribution in [0.25, 0.3) is 0 Å². The van der Waals surface area contributed by atoms with Gasteiger partial charge in [-0.1, -0.05) is 41.9 Å². The van der Waals surface area contributed by atoms with E-state index in [4.69, 9.17) is 21.1 Å². The number of nitrogens with one attached hydrogen (secondary N) is 1. The first-order chi connectivity index (χ1) is 14.6. The van der Waals surface area contributed by atoms with Crippen molar-refractivity contribution >= 4 is 29.3 Å². The van der Waals surface area contributed by atoms with E-state index in [-0.39, 0.29) is 11.2 Å². The van der Waals surface area contributed by atoms with Crippen molar-refractivity contribution in [3.8, 4) is 11.8 Å². The van der Waals surface area contributed by atoms with Crippen LogP contribution in [0, 0.1) is 0 Å². The van der Waals surface area contributed by atoms with Gasteiger partial charge in [0.05, 0.1) is 31.1 Å². The Hall–Kier alpha value is -2.84. The smallest absolute Gasteiger partial charge is 0.252 e. The summed E-state index contributed by atoms with van der Waals surface area (Å²) in [7, 11) is 3.11. The molecule has 2 aromatic heterocycles. The number of ether oxygens (including phenoxy) is 2. The maximum absolute atomic E-state index is 12.2. The lowest BCUT2D eigenvalue weighted by molar-refractivity contribution is 0.0956. The van der Waals surface area contributed by atoms with Gasteiger partial charge in [0.25, 0.3) is 5.91 Å². The second-order valence-corrected chi connectivity index (χ2v) is 7.70. The van der Waals surface area contributed by atoms with E-state index < -0.39 is 0 Å².